The smallest absolute Gasteiger partial charge is 0.322 e. The standard InChI is InChI=1S/C13H9F2NO2/c14-13(15)6-10(13)12(17)18-11-5-8-3-1-2-4-9(8)7-16-11/h1-5,7,10H,6H2/t10-/m0/s1. The molecule has 1 saturated carbocycles. The summed E-state index contributed by atoms with van der Waals surface area (Å²) in [6.45, 7) is 0. The van der Waals surface area contributed by atoms with Crippen molar-refractivity contribution in [1.82, 2.24) is 4.98 Å². The van der Waals surface area contributed by atoms with Gasteiger partial charge in [0.15, 0.2) is 0 Å². The van der Waals surface area contributed by atoms with Crippen LogP contribution in [0.2, 0.25) is 0 Å². The van der Waals surface area contributed by atoms with Gasteiger partial charge in [-0.3, -0.25) is 4.79 Å². The molecule has 1 aliphatic carbocycles. The van der Waals surface area contributed by atoms with Crippen molar-refractivity contribution in [2.75, 3.05) is 0 Å². The normalized spacial score (nSPS) is 20.7. The lowest BCUT2D eigenvalue weighted by molar-refractivity contribution is -0.138. The maximum Gasteiger partial charge on any atom is 0.322 e. The Kier molecular flexibility index (Phi) is 2.29. The summed E-state index contributed by atoms with van der Waals surface area (Å²) in [6.07, 6.45) is 1.11. The lowest BCUT2D eigenvalue weighted by Crippen LogP contribution is -2.15. The molecule has 0 bridgehead atoms. The third kappa shape index (κ3) is 1.92. The summed E-state index contributed by atoms with van der Waals surface area (Å²) in [4.78, 5) is 15.3. The van der Waals surface area contributed by atoms with Crippen molar-refractivity contribution >= 4 is 16.7 Å². The van der Waals surface area contributed by atoms with E-state index in [1.807, 2.05) is 24.3 Å². The Morgan fingerprint density at radius 2 is 2.00 bits per heavy atom. The zero-order chi connectivity index (χ0) is 12.8. The largest absolute Gasteiger partial charge is 0.407 e. The molecule has 0 aliphatic heterocycles. The summed E-state index contributed by atoms with van der Waals surface area (Å²) in [5.74, 6) is -5.08. The van der Waals surface area contributed by atoms with E-state index in [4.69, 9.17) is 4.74 Å². The summed E-state index contributed by atoms with van der Waals surface area (Å²) >= 11 is 0. The van der Waals surface area contributed by atoms with Gasteiger partial charge >= 0.3 is 5.97 Å². The van der Waals surface area contributed by atoms with Crippen molar-refractivity contribution in [3.63, 3.8) is 0 Å². The van der Waals surface area contributed by atoms with E-state index in [0.29, 0.717) is 0 Å². The van der Waals surface area contributed by atoms with Gasteiger partial charge in [0.1, 0.15) is 5.92 Å². The van der Waals surface area contributed by atoms with Crippen molar-refractivity contribution in [1.29, 1.82) is 0 Å². The fraction of sp³-hybridized carbons (Fsp3) is 0.231. The molecule has 1 aliphatic rings. The van der Waals surface area contributed by atoms with Gasteiger partial charge in [0.25, 0.3) is 5.92 Å². The first kappa shape index (κ1) is 11.1. The maximum atomic E-state index is 12.7. The SMILES string of the molecule is O=C(Oc1cc2ccccc2cn1)[C@@H]1CC1(F)F. The number of rotatable bonds is 2. The first-order valence-electron chi connectivity index (χ1n) is 5.50. The Bertz CT molecular complexity index is 627. The second-order valence-corrected chi connectivity index (χ2v) is 4.31. The number of nitrogens with zero attached hydrogens (tertiary/aromatic N) is 1. The molecule has 1 heterocycles. The molecule has 0 spiro atoms. The van der Waals surface area contributed by atoms with Crippen LogP contribution >= 0.6 is 0 Å². The lowest BCUT2D eigenvalue weighted by atomic mass is 10.2. The number of halogens is 2. The van der Waals surface area contributed by atoms with Crippen molar-refractivity contribution < 1.29 is 18.3 Å². The summed E-state index contributed by atoms with van der Waals surface area (Å²) in [5.41, 5.74) is 0. The second kappa shape index (κ2) is 3.73. The Balaban J connectivity index is 1.81. The zero-order valence-electron chi connectivity index (χ0n) is 9.27. The minimum atomic E-state index is -2.91. The quantitative estimate of drug-likeness (QED) is 0.768. The van der Waals surface area contributed by atoms with Gasteiger partial charge in [0.2, 0.25) is 5.88 Å². The van der Waals surface area contributed by atoms with E-state index in [0.717, 1.165) is 10.8 Å². The molecule has 0 radical (unpaired) electrons. The van der Waals surface area contributed by atoms with Gasteiger partial charge in [-0.1, -0.05) is 24.3 Å². The van der Waals surface area contributed by atoms with Gasteiger partial charge in [-0.05, 0) is 5.39 Å². The first-order chi connectivity index (χ1) is 8.56. The predicted octanol–water partition coefficient (Wildman–Crippen LogP) is 2.80. The predicted molar refractivity (Wildman–Crippen MR) is 60.4 cm³/mol. The van der Waals surface area contributed by atoms with E-state index in [1.165, 1.54) is 0 Å². The number of esters is 1. The Labute approximate surface area is 101 Å². The number of benzene rings is 1. The van der Waals surface area contributed by atoms with Crippen LogP contribution in [0, 0.1) is 5.92 Å². The Morgan fingerprint density at radius 1 is 1.33 bits per heavy atom. The van der Waals surface area contributed by atoms with Gasteiger partial charge in [0, 0.05) is 24.1 Å². The molecule has 2 aromatic rings. The zero-order valence-corrected chi connectivity index (χ0v) is 9.27. The lowest BCUT2D eigenvalue weighted by Gasteiger charge is -2.03. The van der Waals surface area contributed by atoms with Crippen molar-refractivity contribution in [3.8, 4) is 5.88 Å². The van der Waals surface area contributed by atoms with E-state index in [9.17, 15) is 13.6 Å². The van der Waals surface area contributed by atoms with E-state index in [-0.39, 0.29) is 5.88 Å². The third-order valence-corrected chi connectivity index (χ3v) is 2.92. The van der Waals surface area contributed by atoms with Crippen molar-refractivity contribution in [2.24, 2.45) is 5.92 Å². The molecule has 5 heteroatoms. The Morgan fingerprint density at radius 3 is 2.67 bits per heavy atom. The highest BCUT2D eigenvalue weighted by molar-refractivity contribution is 5.84. The minimum absolute atomic E-state index is 0.0569. The second-order valence-electron chi connectivity index (χ2n) is 4.31. The summed E-state index contributed by atoms with van der Waals surface area (Å²) in [5, 5.41) is 1.74. The molecule has 0 N–H and O–H groups in total. The number of pyridine rings is 1. The van der Waals surface area contributed by atoms with Crippen LogP contribution in [0.5, 0.6) is 5.88 Å². The molecule has 1 aromatic heterocycles. The third-order valence-electron chi connectivity index (χ3n) is 2.92. The van der Waals surface area contributed by atoms with Crippen LogP contribution < -0.4 is 4.74 Å². The molecule has 3 rings (SSSR count). The average molecular weight is 249 g/mol. The molecule has 3 nitrogen and oxygen atoms in total. The van der Waals surface area contributed by atoms with E-state index >= 15 is 0 Å². The number of carbonyl (C=O) groups excluding carboxylic acids is 1. The molecule has 92 valence electrons. The summed E-state index contributed by atoms with van der Waals surface area (Å²) < 4.78 is 30.2. The van der Waals surface area contributed by atoms with Crippen LogP contribution in [-0.2, 0) is 4.79 Å². The molecule has 1 atom stereocenters. The number of fused-ring (bicyclic) bond motifs is 1. The number of aromatic nitrogens is 1. The molecule has 1 fully saturated rings. The van der Waals surface area contributed by atoms with Crippen LogP contribution in [0.25, 0.3) is 10.8 Å². The van der Waals surface area contributed by atoms with Gasteiger partial charge in [-0.25, -0.2) is 13.8 Å². The highest BCUT2D eigenvalue weighted by atomic mass is 19.3. The van der Waals surface area contributed by atoms with Crippen LogP contribution in [0.3, 0.4) is 0 Å². The summed E-state index contributed by atoms with van der Waals surface area (Å²) in [6, 6.07) is 8.96. The molecule has 0 saturated heterocycles. The fourth-order valence-electron chi connectivity index (χ4n) is 1.76. The molecular weight excluding hydrogens is 240 g/mol. The minimum Gasteiger partial charge on any atom is -0.407 e. The van der Waals surface area contributed by atoms with Crippen LogP contribution in [0.1, 0.15) is 6.42 Å². The first-order valence-corrected chi connectivity index (χ1v) is 5.50. The van der Waals surface area contributed by atoms with Crippen molar-refractivity contribution in [3.05, 3.63) is 36.5 Å². The monoisotopic (exact) mass is 249 g/mol. The summed E-state index contributed by atoms with van der Waals surface area (Å²) in [7, 11) is 0. The van der Waals surface area contributed by atoms with Gasteiger partial charge < -0.3 is 4.74 Å². The van der Waals surface area contributed by atoms with Crippen molar-refractivity contribution in [2.45, 2.75) is 12.3 Å². The van der Waals surface area contributed by atoms with E-state index in [1.54, 1.807) is 12.3 Å². The fourth-order valence-corrected chi connectivity index (χ4v) is 1.76. The van der Waals surface area contributed by atoms with E-state index < -0.39 is 24.2 Å². The Hall–Kier alpha value is -2.04. The topological polar surface area (TPSA) is 39.2 Å². The van der Waals surface area contributed by atoms with Crippen LogP contribution in [0.15, 0.2) is 36.5 Å². The number of hydrogen-bond donors (Lipinski definition) is 0. The number of alkyl halides is 2. The highest BCUT2D eigenvalue weighted by Gasteiger charge is 2.62. The van der Waals surface area contributed by atoms with Crippen LogP contribution in [-0.4, -0.2) is 16.9 Å². The number of hydrogen-bond acceptors (Lipinski definition) is 3. The van der Waals surface area contributed by atoms with Gasteiger partial charge in [-0.2, -0.15) is 0 Å². The average Bonchev–Trinajstić information content (AvgIpc) is 2.98. The molecule has 1 aromatic carbocycles. The molecule has 0 amide bonds. The van der Waals surface area contributed by atoms with E-state index in [2.05, 4.69) is 4.98 Å². The molecule has 0 unspecified atom stereocenters. The molecule has 18 heavy (non-hydrogen) atoms. The maximum absolute atomic E-state index is 12.7. The van der Waals surface area contributed by atoms with Gasteiger partial charge in [-0.15, -0.1) is 0 Å². The van der Waals surface area contributed by atoms with Crippen LogP contribution in [0.4, 0.5) is 8.78 Å². The highest BCUT2D eigenvalue weighted by Crippen LogP contribution is 2.49. The number of ether oxygens (including phenoxy) is 1. The number of carbonyl (C=O) groups is 1. The van der Waals surface area contributed by atoms with Gasteiger partial charge in [0.05, 0.1) is 0 Å². The molecular formula is C13H9F2NO2.